The zero-order valence-corrected chi connectivity index (χ0v) is 22.4. The Kier molecular flexibility index (Phi) is 8.12. The number of hydrogen-bond acceptors (Lipinski definition) is 0. The van der Waals surface area contributed by atoms with E-state index in [2.05, 4.69) is 13.0 Å². The van der Waals surface area contributed by atoms with Crippen molar-refractivity contribution < 1.29 is 17.6 Å². The van der Waals surface area contributed by atoms with Crippen LogP contribution in [-0.2, 0) is 12.8 Å². The Morgan fingerprint density at radius 3 is 2.05 bits per heavy atom. The van der Waals surface area contributed by atoms with E-state index in [4.69, 9.17) is 0 Å². The van der Waals surface area contributed by atoms with E-state index in [1.165, 1.54) is 44.9 Å². The first-order valence-electron chi connectivity index (χ1n) is 14.6. The molecule has 200 valence electrons. The summed E-state index contributed by atoms with van der Waals surface area (Å²) in [5.74, 6) is -2.50. The average molecular weight is 513 g/mol. The van der Waals surface area contributed by atoms with Crippen LogP contribution < -0.4 is 0 Å². The van der Waals surface area contributed by atoms with E-state index < -0.39 is 23.3 Å². The van der Waals surface area contributed by atoms with E-state index in [0.717, 1.165) is 31.6 Å². The molecule has 4 heteroatoms. The first-order valence-corrected chi connectivity index (χ1v) is 14.6. The van der Waals surface area contributed by atoms with E-state index in [0.29, 0.717) is 47.4 Å². The molecule has 0 aliphatic heterocycles. The van der Waals surface area contributed by atoms with E-state index in [-0.39, 0.29) is 17.0 Å². The number of fused-ring (bicyclic) bond motifs is 3. The van der Waals surface area contributed by atoms with Crippen molar-refractivity contribution in [3.8, 4) is 11.1 Å². The first kappa shape index (κ1) is 26.5. The topological polar surface area (TPSA) is 0 Å². The molecule has 3 aliphatic carbocycles. The predicted octanol–water partition coefficient (Wildman–Crippen LogP) is 10.3. The van der Waals surface area contributed by atoms with Gasteiger partial charge in [-0.2, -0.15) is 0 Å². The highest BCUT2D eigenvalue weighted by Crippen LogP contribution is 2.47. The van der Waals surface area contributed by atoms with E-state index in [9.17, 15) is 8.78 Å². The zero-order valence-electron chi connectivity index (χ0n) is 22.4. The molecule has 2 aromatic carbocycles. The summed E-state index contributed by atoms with van der Waals surface area (Å²) in [6.07, 6.45) is 16.6. The Bertz CT molecular complexity index is 1170. The Labute approximate surface area is 219 Å². The van der Waals surface area contributed by atoms with Gasteiger partial charge in [-0.1, -0.05) is 69.7 Å². The Morgan fingerprint density at radius 2 is 1.41 bits per heavy atom. The van der Waals surface area contributed by atoms with Gasteiger partial charge >= 0.3 is 0 Å². The number of benzene rings is 2. The minimum absolute atomic E-state index is 0.0250. The summed E-state index contributed by atoms with van der Waals surface area (Å²) in [6, 6.07) is 3.39. The normalized spacial score (nSPS) is 23.1. The third kappa shape index (κ3) is 5.14. The maximum Gasteiger partial charge on any atom is 0.167 e. The van der Waals surface area contributed by atoms with Gasteiger partial charge < -0.3 is 0 Å². The lowest BCUT2D eigenvalue weighted by molar-refractivity contribution is 0.329. The molecule has 0 amide bonds. The SMILES string of the molecule is CCCCCC1CC=C(C2CCC(c3cc4c(c(F)c3F)-c3c(cc(CCC)c(F)c3F)C4)CC2)CC1. The molecule has 1 saturated carbocycles. The number of halogens is 4. The van der Waals surface area contributed by atoms with Gasteiger partial charge in [-0.15, -0.1) is 0 Å². The van der Waals surface area contributed by atoms with Crippen LogP contribution in [0.25, 0.3) is 11.1 Å². The van der Waals surface area contributed by atoms with Gasteiger partial charge in [0.05, 0.1) is 0 Å². The molecule has 3 aliphatic rings. The summed E-state index contributed by atoms with van der Waals surface area (Å²) in [7, 11) is 0. The van der Waals surface area contributed by atoms with Crippen molar-refractivity contribution >= 4 is 0 Å². The number of unbranched alkanes of at least 4 members (excludes halogenated alkanes) is 2. The minimum atomic E-state index is -1.04. The predicted molar refractivity (Wildman–Crippen MR) is 143 cm³/mol. The number of hydrogen-bond donors (Lipinski definition) is 0. The maximum atomic E-state index is 15.4. The van der Waals surface area contributed by atoms with Crippen LogP contribution in [0.5, 0.6) is 0 Å². The molecule has 0 radical (unpaired) electrons. The quantitative estimate of drug-likeness (QED) is 0.160. The largest absolute Gasteiger partial charge is 0.203 e. The second-order valence-corrected chi connectivity index (χ2v) is 11.7. The number of rotatable bonds is 8. The molecule has 0 aromatic heterocycles. The summed E-state index contributed by atoms with van der Waals surface area (Å²) in [4.78, 5) is 0. The third-order valence-corrected chi connectivity index (χ3v) is 9.29. The van der Waals surface area contributed by atoms with Crippen LogP contribution in [0.15, 0.2) is 23.8 Å². The van der Waals surface area contributed by atoms with Crippen LogP contribution in [0.1, 0.15) is 119 Å². The molecule has 0 N–H and O–H groups in total. The molecule has 37 heavy (non-hydrogen) atoms. The van der Waals surface area contributed by atoms with E-state index in [1.807, 2.05) is 6.92 Å². The fourth-order valence-corrected chi connectivity index (χ4v) is 7.21. The van der Waals surface area contributed by atoms with Crippen molar-refractivity contribution in [1.82, 2.24) is 0 Å². The Morgan fingerprint density at radius 1 is 0.730 bits per heavy atom. The standard InChI is InChI=1S/C33H40F4/c1-3-5-6-8-20-9-11-21(12-10-20)22-13-15-23(16-14-22)27-19-26-18-25-17-24(7-4-2)30(34)32(36)28(25)29(26)33(37)31(27)35/h11,17,19-20,22-23H,3-10,12-16,18H2,1-2H3. The molecular formula is C33H40F4. The van der Waals surface area contributed by atoms with Crippen LogP contribution >= 0.6 is 0 Å². The molecule has 5 rings (SSSR count). The van der Waals surface area contributed by atoms with Crippen molar-refractivity contribution in [3.05, 3.63) is 69.3 Å². The summed E-state index contributed by atoms with van der Waals surface area (Å²) in [6.45, 7) is 4.16. The van der Waals surface area contributed by atoms with Crippen LogP contribution in [-0.4, -0.2) is 0 Å². The lowest BCUT2D eigenvalue weighted by Crippen LogP contribution is -2.19. The molecule has 2 aromatic rings. The highest BCUT2D eigenvalue weighted by molar-refractivity contribution is 5.79. The highest BCUT2D eigenvalue weighted by Gasteiger charge is 2.34. The summed E-state index contributed by atoms with van der Waals surface area (Å²) < 4.78 is 60.4. The number of allylic oxidation sites excluding steroid dienone is 2. The molecule has 1 unspecified atom stereocenters. The van der Waals surface area contributed by atoms with Gasteiger partial charge in [0.25, 0.3) is 0 Å². The second-order valence-electron chi connectivity index (χ2n) is 11.7. The first-order chi connectivity index (χ1) is 17.9. The van der Waals surface area contributed by atoms with Gasteiger partial charge in [0.15, 0.2) is 23.3 Å². The van der Waals surface area contributed by atoms with Gasteiger partial charge in [-0.3, -0.25) is 0 Å². The van der Waals surface area contributed by atoms with Crippen molar-refractivity contribution in [3.63, 3.8) is 0 Å². The van der Waals surface area contributed by atoms with E-state index >= 15 is 8.78 Å². The molecule has 0 nitrogen and oxygen atoms in total. The van der Waals surface area contributed by atoms with Gasteiger partial charge in [0, 0.05) is 11.1 Å². The lowest BCUT2D eigenvalue weighted by Gasteiger charge is -2.33. The minimum Gasteiger partial charge on any atom is -0.203 e. The van der Waals surface area contributed by atoms with Gasteiger partial charge in [-0.05, 0) is 97.8 Å². The zero-order chi connectivity index (χ0) is 26.1. The number of aryl methyl sites for hydroxylation is 1. The Hall–Kier alpha value is -2.10. The lowest BCUT2D eigenvalue weighted by atomic mass is 9.72. The molecule has 1 fully saturated rings. The summed E-state index contributed by atoms with van der Waals surface area (Å²) in [5.41, 5.74) is 3.31. The summed E-state index contributed by atoms with van der Waals surface area (Å²) in [5, 5.41) is 0. The van der Waals surface area contributed by atoms with Crippen molar-refractivity contribution in [1.29, 1.82) is 0 Å². The van der Waals surface area contributed by atoms with Crippen molar-refractivity contribution in [2.45, 2.75) is 110 Å². The van der Waals surface area contributed by atoms with E-state index in [1.54, 1.807) is 17.7 Å². The highest BCUT2D eigenvalue weighted by atomic mass is 19.2. The molecule has 0 heterocycles. The average Bonchev–Trinajstić information content (AvgIpc) is 3.28. The summed E-state index contributed by atoms with van der Waals surface area (Å²) >= 11 is 0. The van der Waals surface area contributed by atoms with Crippen LogP contribution in [0.3, 0.4) is 0 Å². The second kappa shape index (κ2) is 11.3. The molecule has 0 saturated heterocycles. The molecule has 0 bridgehead atoms. The van der Waals surface area contributed by atoms with Gasteiger partial charge in [0.2, 0.25) is 0 Å². The van der Waals surface area contributed by atoms with Crippen molar-refractivity contribution in [2.24, 2.45) is 11.8 Å². The van der Waals surface area contributed by atoms with Crippen LogP contribution in [0.4, 0.5) is 17.6 Å². The fourth-order valence-electron chi connectivity index (χ4n) is 7.21. The maximum absolute atomic E-state index is 15.4. The van der Waals surface area contributed by atoms with Crippen molar-refractivity contribution in [2.75, 3.05) is 0 Å². The third-order valence-electron chi connectivity index (χ3n) is 9.29. The van der Waals surface area contributed by atoms with Crippen LogP contribution in [0.2, 0.25) is 0 Å². The molecule has 0 spiro atoms. The van der Waals surface area contributed by atoms with Crippen LogP contribution in [0, 0.1) is 35.1 Å². The van der Waals surface area contributed by atoms with Gasteiger partial charge in [-0.25, -0.2) is 17.6 Å². The molecular weight excluding hydrogens is 472 g/mol. The smallest absolute Gasteiger partial charge is 0.167 e. The fraction of sp³-hybridized carbons (Fsp3) is 0.576. The molecule has 1 atom stereocenters. The van der Waals surface area contributed by atoms with Gasteiger partial charge in [0.1, 0.15) is 0 Å². The Balaban J connectivity index is 1.29. The monoisotopic (exact) mass is 512 g/mol.